The summed E-state index contributed by atoms with van der Waals surface area (Å²) in [6.45, 7) is -0.00192. The number of nitrogens with zero attached hydrogens (tertiary/aromatic N) is 2. The van der Waals surface area contributed by atoms with E-state index in [0.29, 0.717) is 0 Å². The number of hydrogen-bond donors (Lipinski definition) is 1. The van der Waals surface area contributed by atoms with Gasteiger partial charge in [-0.3, -0.25) is 9.97 Å². The van der Waals surface area contributed by atoms with Gasteiger partial charge in [0.05, 0.1) is 12.3 Å². The third kappa shape index (κ3) is 1.63. The second kappa shape index (κ2) is 3.98. The quantitative estimate of drug-likeness (QED) is 0.775. The summed E-state index contributed by atoms with van der Waals surface area (Å²) in [5.41, 5.74) is 2.54. The molecule has 1 N–H and O–H groups in total. The van der Waals surface area contributed by atoms with Gasteiger partial charge in [0, 0.05) is 29.7 Å². The smallest absolute Gasteiger partial charge is 0.0772 e. The summed E-state index contributed by atoms with van der Waals surface area (Å²) < 4.78 is 0. The van der Waals surface area contributed by atoms with E-state index in [9.17, 15) is 0 Å². The molecule has 0 aliphatic rings. The number of aliphatic hydroxyl groups excluding tert-OH is 1. The fraction of sp³-hybridized carbons (Fsp3) is 0.0909. The van der Waals surface area contributed by atoms with Crippen molar-refractivity contribution in [3.63, 3.8) is 0 Å². The molecule has 0 unspecified atom stereocenters. The van der Waals surface area contributed by atoms with Crippen molar-refractivity contribution in [1.82, 2.24) is 9.97 Å². The predicted octanol–water partition coefficient (Wildman–Crippen LogP) is 1.64. The summed E-state index contributed by atoms with van der Waals surface area (Å²) in [5, 5.41) is 9.12. The Morgan fingerprint density at radius 2 is 2.00 bits per heavy atom. The van der Waals surface area contributed by atoms with Crippen molar-refractivity contribution >= 4 is 0 Å². The lowest BCUT2D eigenvalue weighted by Crippen LogP contribution is -1.92. The van der Waals surface area contributed by atoms with Gasteiger partial charge in [0.15, 0.2) is 0 Å². The molecular formula is C11H10N2O. The first-order chi connectivity index (χ1) is 6.92. The summed E-state index contributed by atoms with van der Waals surface area (Å²) in [7, 11) is 0. The van der Waals surface area contributed by atoms with Gasteiger partial charge in [-0.25, -0.2) is 0 Å². The van der Waals surface area contributed by atoms with Crippen molar-refractivity contribution in [1.29, 1.82) is 0 Å². The number of aliphatic hydroxyl groups is 1. The van der Waals surface area contributed by atoms with E-state index < -0.39 is 0 Å². The topological polar surface area (TPSA) is 46.0 Å². The van der Waals surface area contributed by atoms with Crippen LogP contribution in [0.2, 0.25) is 0 Å². The minimum atomic E-state index is -0.00192. The van der Waals surface area contributed by atoms with Crippen LogP contribution in [0, 0.1) is 0 Å². The molecule has 0 aliphatic heterocycles. The zero-order valence-corrected chi connectivity index (χ0v) is 7.59. The Kier molecular flexibility index (Phi) is 2.51. The Hall–Kier alpha value is -1.74. The first-order valence-electron chi connectivity index (χ1n) is 4.37. The van der Waals surface area contributed by atoms with Crippen LogP contribution in [0.15, 0.2) is 42.9 Å². The zero-order chi connectivity index (χ0) is 9.80. The Bertz CT molecular complexity index is 415. The highest BCUT2D eigenvalue weighted by Crippen LogP contribution is 2.19. The standard InChI is InChI=1S/C11H10N2O/c14-8-10-4-2-6-13-11(10)9-3-1-5-12-7-9/h1-7,14H,8H2. The van der Waals surface area contributed by atoms with Gasteiger partial charge >= 0.3 is 0 Å². The predicted molar refractivity (Wildman–Crippen MR) is 53.4 cm³/mol. The lowest BCUT2D eigenvalue weighted by atomic mass is 10.1. The second-order valence-electron chi connectivity index (χ2n) is 2.91. The maximum atomic E-state index is 9.12. The van der Waals surface area contributed by atoms with E-state index >= 15 is 0 Å². The molecule has 0 atom stereocenters. The van der Waals surface area contributed by atoms with Crippen molar-refractivity contribution < 1.29 is 5.11 Å². The summed E-state index contributed by atoms with van der Waals surface area (Å²) >= 11 is 0. The fourth-order valence-corrected chi connectivity index (χ4v) is 1.33. The first kappa shape index (κ1) is 8.84. The molecule has 0 spiro atoms. The van der Waals surface area contributed by atoms with E-state index in [0.717, 1.165) is 16.8 Å². The van der Waals surface area contributed by atoms with Crippen LogP contribution in [-0.4, -0.2) is 15.1 Å². The third-order valence-electron chi connectivity index (χ3n) is 2.00. The van der Waals surface area contributed by atoms with Crippen LogP contribution in [-0.2, 0) is 6.61 Å². The van der Waals surface area contributed by atoms with Gasteiger partial charge in [-0.2, -0.15) is 0 Å². The molecular weight excluding hydrogens is 176 g/mol. The largest absolute Gasteiger partial charge is 0.392 e. The van der Waals surface area contributed by atoms with Crippen molar-refractivity contribution in [3.8, 4) is 11.3 Å². The number of hydrogen-bond acceptors (Lipinski definition) is 3. The molecule has 70 valence electrons. The van der Waals surface area contributed by atoms with E-state index in [1.165, 1.54) is 0 Å². The molecule has 0 bridgehead atoms. The SMILES string of the molecule is OCc1cccnc1-c1cccnc1. The van der Waals surface area contributed by atoms with Crippen LogP contribution in [0.5, 0.6) is 0 Å². The second-order valence-corrected chi connectivity index (χ2v) is 2.91. The minimum absolute atomic E-state index is 0.00192. The highest BCUT2D eigenvalue weighted by atomic mass is 16.3. The molecule has 3 nitrogen and oxygen atoms in total. The van der Waals surface area contributed by atoms with Crippen molar-refractivity contribution in [2.45, 2.75) is 6.61 Å². The molecule has 0 saturated carbocycles. The van der Waals surface area contributed by atoms with E-state index in [-0.39, 0.29) is 6.61 Å². The van der Waals surface area contributed by atoms with E-state index in [4.69, 9.17) is 5.11 Å². The highest BCUT2D eigenvalue weighted by molar-refractivity contribution is 5.61. The molecule has 0 saturated heterocycles. The van der Waals surface area contributed by atoms with Gasteiger partial charge in [-0.15, -0.1) is 0 Å². The van der Waals surface area contributed by atoms with Crippen molar-refractivity contribution in [2.24, 2.45) is 0 Å². The van der Waals surface area contributed by atoms with Crippen LogP contribution in [0.25, 0.3) is 11.3 Å². The molecule has 2 aromatic rings. The normalized spacial score (nSPS) is 10.1. The van der Waals surface area contributed by atoms with Gasteiger partial charge in [-0.05, 0) is 18.2 Å². The molecule has 0 amide bonds. The van der Waals surface area contributed by atoms with E-state index in [2.05, 4.69) is 9.97 Å². The molecule has 2 aromatic heterocycles. The molecule has 2 rings (SSSR count). The van der Waals surface area contributed by atoms with E-state index in [1.807, 2.05) is 24.3 Å². The average molecular weight is 186 g/mol. The van der Waals surface area contributed by atoms with Crippen molar-refractivity contribution in [2.75, 3.05) is 0 Å². The van der Waals surface area contributed by atoms with Gasteiger partial charge in [0.25, 0.3) is 0 Å². The lowest BCUT2D eigenvalue weighted by Gasteiger charge is -2.04. The molecule has 3 heteroatoms. The lowest BCUT2D eigenvalue weighted by molar-refractivity contribution is 0.282. The molecule has 0 aromatic carbocycles. The van der Waals surface area contributed by atoms with Gasteiger partial charge in [0.2, 0.25) is 0 Å². The maximum Gasteiger partial charge on any atom is 0.0772 e. The Balaban J connectivity index is 2.51. The fourth-order valence-electron chi connectivity index (χ4n) is 1.33. The molecule has 14 heavy (non-hydrogen) atoms. The van der Waals surface area contributed by atoms with Gasteiger partial charge in [0.1, 0.15) is 0 Å². The summed E-state index contributed by atoms with van der Waals surface area (Å²) in [4.78, 5) is 8.23. The Morgan fingerprint density at radius 1 is 1.14 bits per heavy atom. The van der Waals surface area contributed by atoms with Gasteiger partial charge < -0.3 is 5.11 Å². The van der Waals surface area contributed by atoms with Crippen molar-refractivity contribution in [3.05, 3.63) is 48.4 Å². The molecule has 0 fully saturated rings. The zero-order valence-electron chi connectivity index (χ0n) is 7.59. The first-order valence-corrected chi connectivity index (χ1v) is 4.37. The molecule has 2 heterocycles. The highest BCUT2D eigenvalue weighted by Gasteiger charge is 2.03. The Morgan fingerprint density at radius 3 is 2.71 bits per heavy atom. The van der Waals surface area contributed by atoms with Crippen LogP contribution in [0.4, 0.5) is 0 Å². The summed E-state index contributed by atoms with van der Waals surface area (Å²) in [6, 6.07) is 7.44. The van der Waals surface area contributed by atoms with Crippen LogP contribution in [0.3, 0.4) is 0 Å². The Labute approximate surface area is 82.1 Å². The third-order valence-corrected chi connectivity index (χ3v) is 2.00. The summed E-state index contributed by atoms with van der Waals surface area (Å²) in [5.74, 6) is 0. The van der Waals surface area contributed by atoms with Crippen LogP contribution >= 0.6 is 0 Å². The maximum absolute atomic E-state index is 9.12. The monoisotopic (exact) mass is 186 g/mol. The number of pyridine rings is 2. The minimum Gasteiger partial charge on any atom is -0.392 e. The van der Waals surface area contributed by atoms with E-state index in [1.54, 1.807) is 18.6 Å². The van der Waals surface area contributed by atoms with Crippen LogP contribution in [0.1, 0.15) is 5.56 Å². The average Bonchev–Trinajstić information content (AvgIpc) is 2.30. The number of aromatic nitrogens is 2. The van der Waals surface area contributed by atoms with Crippen LogP contribution < -0.4 is 0 Å². The summed E-state index contributed by atoms with van der Waals surface area (Å²) in [6.07, 6.45) is 5.16. The molecule has 0 radical (unpaired) electrons. The number of rotatable bonds is 2. The van der Waals surface area contributed by atoms with Gasteiger partial charge in [-0.1, -0.05) is 6.07 Å². The molecule has 0 aliphatic carbocycles.